The zero-order valence-corrected chi connectivity index (χ0v) is 34.5. The highest BCUT2D eigenvalue weighted by Crippen LogP contribution is 2.41. The first kappa shape index (κ1) is 39.1. The molecule has 1 amide bonds. The molecule has 1 fully saturated rings. The molecule has 11 heteroatoms. The minimum absolute atomic E-state index is 0.0378. The number of fused-ring (bicyclic) bond motifs is 1. The molecule has 9 nitrogen and oxygen atoms in total. The highest BCUT2D eigenvalue weighted by molar-refractivity contribution is 6.74. The maximum atomic E-state index is 13.9. The van der Waals surface area contributed by atoms with Gasteiger partial charge in [-0.15, -0.1) is 0 Å². The summed E-state index contributed by atoms with van der Waals surface area (Å²) in [6, 6.07) is 14.5. The highest BCUT2D eigenvalue weighted by atomic mass is 28.4. The molecule has 3 aromatic rings. The molecule has 0 bridgehead atoms. The molecule has 278 valence electrons. The second kappa shape index (κ2) is 14.0. The second-order valence-corrected chi connectivity index (χ2v) is 22.6. The zero-order chi connectivity index (χ0) is 37.7. The third-order valence-corrected chi connectivity index (χ3v) is 15.5. The minimum atomic E-state index is -2.28. The summed E-state index contributed by atoms with van der Waals surface area (Å²) >= 11 is 0. The van der Waals surface area contributed by atoms with Crippen molar-refractivity contribution >= 4 is 27.0 Å². The molecule has 1 aromatic carbocycles. The number of carbonyl (C=O) groups excluding carboxylic acids is 1. The van der Waals surface area contributed by atoms with Gasteiger partial charge in [-0.05, 0) is 134 Å². The van der Waals surface area contributed by atoms with Crippen molar-refractivity contribution in [3.63, 3.8) is 0 Å². The number of amides is 1. The highest BCUT2D eigenvalue weighted by Gasteiger charge is 2.52. The Hall–Kier alpha value is -3.12. The van der Waals surface area contributed by atoms with E-state index >= 15 is 0 Å². The molecule has 0 N–H and O–H groups in total. The molecule has 0 saturated carbocycles. The number of ether oxygens (including phenoxy) is 2. The van der Waals surface area contributed by atoms with Crippen molar-refractivity contribution in [3.05, 3.63) is 71.2 Å². The predicted octanol–water partition coefficient (Wildman–Crippen LogP) is 8.48. The maximum Gasteiger partial charge on any atom is 0.494 e. The van der Waals surface area contributed by atoms with E-state index in [0.29, 0.717) is 13.1 Å². The van der Waals surface area contributed by atoms with Crippen LogP contribution in [0.25, 0.3) is 5.82 Å². The molecule has 2 aromatic heterocycles. The lowest BCUT2D eigenvalue weighted by Gasteiger charge is -2.41. The Bertz CT molecular complexity index is 1670. The van der Waals surface area contributed by atoms with Crippen molar-refractivity contribution in [2.75, 3.05) is 13.1 Å². The summed E-state index contributed by atoms with van der Waals surface area (Å²) in [5.41, 5.74) is 3.77. The summed E-state index contributed by atoms with van der Waals surface area (Å²) in [7, 11) is -2.71. The summed E-state index contributed by atoms with van der Waals surface area (Å²) < 4.78 is 34.4. The van der Waals surface area contributed by atoms with Crippen molar-refractivity contribution in [1.82, 2.24) is 14.5 Å². The van der Waals surface area contributed by atoms with Crippen LogP contribution < -0.4 is 10.2 Å². The number of aromatic nitrogens is 2. The van der Waals surface area contributed by atoms with Crippen LogP contribution >= 0.6 is 0 Å². The minimum Gasteiger partial charge on any atom is -0.488 e. The van der Waals surface area contributed by atoms with Crippen molar-refractivity contribution < 1.29 is 28.0 Å². The first-order valence-electron chi connectivity index (χ1n) is 18.4. The summed E-state index contributed by atoms with van der Waals surface area (Å²) in [6.07, 6.45) is 2.43. The Kier molecular flexibility index (Phi) is 10.8. The zero-order valence-electron chi connectivity index (χ0n) is 33.5. The molecule has 4 heterocycles. The van der Waals surface area contributed by atoms with Gasteiger partial charge in [-0.1, -0.05) is 39.0 Å². The van der Waals surface area contributed by atoms with Crippen LogP contribution in [0, 0.1) is 13.8 Å². The molecular formula is C40H60BN3O6Si. The molecule has 2 aliphatic heterocycles. The number of nitrogens with zero attached hydrogens (tertiary/aromatic N) is 3. The Balaban J connectivity index is 1.40. The fraction of sp³-hybridized carbons (Fsp3) is 0.600. The number of hydrogen-bond donors (Lipinski definition) is 0. The predicted molar refractivity (Wildman–Crippen MR) is 207 cm³/mol. The average molecular weight is 718 g/mol. The quantitative estimate of drug-likeness (QED) is 0.205. The van der Waals surface area contributed by atoms with Crippen molar-refractivity contribution in [3.8, 4) is 11.6 Å². The molecule has 1 saturated heterocycles. The first-order chi connectivity index (χ1) is 23.5. The van der Waals surface area contributed by atoms with Gasteiger partial charge in [0.2, 0.25) is 0 Å². The van der Waals surface area contributed by atoms with Gasteiger partial charge in [0, 0.05) is 17.6 Å². The molecule has 0 spiro atoms. The molecule has 2 aliphatic rings. The number of hydrogen-bond acceptors (Lipinski definition) is 7. The molecule has 5 rings (SSSR count). The summed E-state index contributed by atoms with van der Waals surface area (Å²) in [5, 5.41) is -0.0378. The fourth-order valence-electron chi connectivity index (χ4n) is 6.21. The Morgan fingerprint density at radius 1 is 1.00 bits per heavy atom. The van der Waals surface area contributed by atoms with E-state index in [1.54, 1.807) is 4.90 Å². The van der Waals surface area contributed by atoms with Crippen LogP contribution in [0.15, 0.2) is 48.7 Å². The molecule has 51 heavy (non-hydrogen) atoms. The Morgan fingerprint density at radius 3 is 2.18 bits per heavy atom. The largest absolute Gasteiger partial charge is 0.494 e. The van der Waals surface area contributed by atoms with Gasteiger partial charge < -0.3 is 32.7 Å². The van der Waals surface area contributed by atoms with Crippen LogP contribution in [0.2, 0.25) is 18.1 Å². The average Bonchev–Trinajstić information content (AvgIpc) is 3.46. The molecular weight excluding hydrogens is 657 g/mol. The lowest BCUT2D eigenvalue weighted by molar-refractivity contribution is 0.00490. The van der Waals surface area contributed by atoms with E-state index in [0.717, 1.165) is 52.4 Å². The molecule has 0 radical (unpaired) electrons. The maximum absolute atomic E-state index is 13.9. The van der Waals surface area contributed by atoms with Crippen molar-refractivity contribution in [2.45, 2.75) is 143 Å². The van der Waals surface area contributed by atoms with Crippen LogP contribution in [-0.2, 0) is 24.9 Å². The lowest BCUT2D eigenvalue weighted by Crippen LogP contribution is -2.48. The number of rotatable bonds is 9. The van der Waals surface area contributed by atoms with E-state index in [4.69, 9.17) is 28.2 Å². The van der Waals surface area contributed by atoms with Gasteiger partial charge >= 0.3 is 13.2 Å². The van der Waals surface area contributed by atoms with Crippen LogP contribution in [-0.4, -0.2) is 72.0 Å². The number of pyridine rings is 1. The summed E-state index contributed by atoms with van der Waals surface area (Å²) in [5.74, 6) is 1.67. The van der Waals surface area contributed by atoms with E-state index in [1.807, 2.05) is 45.2 Å². The van der Waals surface area contributed by atoms with E-state index in [-0.39, 0.29) is 17.2 Å². The summed E-state index contributed by atoms with van der Waals surface area (Å²) in [6.45, 7) is 29.9. The SMILES string of the molecule is Cc1ccc(C)n1-c1ccc([C@H](CN(C[C@H]2CCc3cc(B4OC(C)(C)C(C)(C)O4)ccc3O2)C(=O)OC(C)(C)C)O[Si](C)(C)C(C)(C)C)cn1. The van der Waals surface area contributed by atoms with Gasteiger partial charge in [0.1, 0.15) is 23.3 Å². The van der Waals surface area contributed by atoms with Gasteiger partial charge in [-0.3, -0.25) is 0 Å². The monoisotopic (exact) mass is 717 g/mol. The van der Waals surface area contributed by atoms with Crippen molar-refractivity contribution in [2.24, 2.45) is 0 Å². The summed E-state index contributed by atoms with van der Waals surface area (Å²) in [4.78, 5) is 20.6. The molecule has 2 atom stereocenters. The number of carbonyl (C=O) groups is 1. The van der Waals surface area contributed by atoms with Crippen LogP contribution in [0.4, 0.5) is 4.79 Å². The van der Waals surface area contributed by atoms with Gasteiger partial charge in [0.05, 0.1) is 30.4 Å². The molecule has 0 unspecified atom stereocenters. The van der Waals surface area contributed by atoms with Crippen molar-refractivity contribution in [1.29, 1.82) is 0 Å². The topological polar surface area (TPSA) is 84.3 Å². The van der Waals surface area contributed by atoms with Gasteiger partial charge in [-0.25, -0.2) is 9.78 Å². The fourth-order valence-corrected chi connectivity index (χ4v) is 7.48. The van der Waals surface area contributed by atoms with E-state index in [1.165, 1.54) is 0 Å². The van der Waals surface area contributed by atoms with Gasteiger partial charge in [0.15, 0.2) is 8.32 Å². The number of benzene rings is 1. The smallest absolute Gasteiger partial charge is 0.488 e. The first-order valence-corrected chi connectivity index (χ1v) is 21.3. The number of aryl methyl sites for hydroxylation is 3. The second-order valence-electron chi connectivity index (χ2n) is 17.9. The van der Waals surface area contributed by atoms with E-state index < -0.39 is 38.3 Å². The normalized spacial score (nSPS) is 19.3. The van der Waals surface area contributed by atoms with Crippen LogP contribution in [0.1, 0.15) is 104 Å². The standard InChI is InChI=1S/C40H60BN3O6Si/c1-27-15-16-28(2)44(27)35-22-18-30(24-42-35)34(48-51(13,14)38(6,7)8)26-43(36(45)47-37(3,4)5)25-32-20-17-29-23-31(19-21-33(29)46-32)41-49-39(9,10)40(11,12)50-41/h15-16,18-19,21-24,32,34H,17,20,25-26H2,1-14H3/t32-,34+/m1/s1. The van der Waals surface area contributed by atoms with Crippen LogP contribution in [0.3, 0.4) is 0 Å². The third-order valence-electron chi connectivity index (χ3n) is 11.0. The van der Waals surface area contributed by atoms with Crippen LogP contribution in [0.5, 0.6) is 5.75 Å². The van der Waals surface area contributed by atoms with Gasteiger partial charge in [0.25, 0.3) is 0 Å². The van der Waals surface area contributed by atoms with E-state index in [9.17, 15) is 4.79 Å². The Morgan fingerprint density at radius 2 is 1.63 bits per heavy atom. The third kappa shape index (κ3) is 8.75. The Labute approximate surface area is 307 Å². The molecule has 0 aliphatic carbocycles. The lowest BCUT2D eigenvalue weighted by atomic mass is 9.77. The van der Waals surface area contributed by atoms with E-state index in [2.05, 4.69) is 104 Å². The van der Waals surface area contributed by atoms with Gasteiger partial charge in [-0.2, -0.15) is 0 Å².